The Morgan fingerprint density at radius 1 is 1.05 bits per heavy atom. The number of benzene rings is 1. The average molecular weight is 271 g/mol. The Kier molecular flexibility index (Phi) is 6.86. The highest BCUT2D eigenvalue weighted by Gasteiger charge is 2.20. The van der Waals surface area contributed by atoms with Crippen molar-refractivity contribution in [3.63, 3.8) is 0 Å². The Hall–Kier alpha value is -1.08. The first-order valence-corrected chi connectivity index (χ1v) is 8.37. The van der Waals surface area contributed by atoms with Crippen molar-refractivity contribution >= 4 is 0 Å². The first-order chi connectivity index (χ1) is 9.92. The molecule has 1 heteroatoms. The molecule has 2 rings (SSSR count). The summed E-state index contributed by atoms with van der Waals surface area (Å²) < 4.78 is 0. The second kappa shape index (κ2) is 8.97. The summed E-state index contributed by atoms with van der Waals surface area (Å²) in [5, 5.41) is 0. The van der Waals surface area contributed by atoms with Gasteiger partial charge in [0, 0.05) is 0 Å². The molecule has 0 amide bonds. The number of hydrogen-bond acceptors (Lipinski definition) is 1. The minimum absolute atomic E-state index is 0.491. The van der Waals surface area contributed by atoms with Crippen LogP contribution in [0.25, 0.3) is 0 Å². The van der Waals surface area contributed by atoms with Crippen molar-refractivity contribution < 1.29 is 0 Å². The molecule has 0 aliphatic carbocycles. The van der Waals surface area contributed by atoms with Crippen molar-refractivity contribution in [3.05, 3.63) is 48.0 Å². The molecule has 110 valence electrons. The molecular formula is C19H29N. The van der Waals surface area contributed by atoms with Crippen molar-refractivity contribution in [1.29, 1.82) is 0 Å². The van der Waals surface area contributed by atoms with E-state index in [4.69, 9.17) is 0 Å². The monoisotopic (exact) mass is 271 g/mol. The number of unbranched alkanes of at least 4 members (excludes halogenated alkanes) is 4. The molecule has 1 atom stereocenters. The van der Waals surface area contributed by atoms with Gasteiger partial charge in [-0.25, -0.2) is 0 Å². The maximum atomic E-state index is 2.62. The van der Waals surface area contributed by atoms with Gasteiger partial charge in [-0.2, -0.15) is 0 Å². The molecule has 1 aliphatic rings. The second-order valence-electron chi connectivity index (χ2n) is 5.88. The predicted molar refractivity (Wildman–Crippen MR) is 87.9 cm³/mol. The minimum Gasteiger partial charge on any atom is -0.293 e. The van der Waals surface area contributed by atoms with Crippen LogP contribution in [0.1, 0.15) is 63.5 Å². The fourth-order valence-electron chi connectivity index (χ4n) is 3.03. The Morgan fingerprint density at radius 3 is 2.50 bits per heavy atom. The van der Waals surface area contributed by atoms with Crippen LogP contribution in [-0.4, -0.2) is 18.0 Å². The van der Waals surface area contributed by atoms with Gasteiger partial charge in [-0.05, 0) is 44.3 Å². The van der Waals surface area contributed by atoms with Crippen LogP contribution in [0.4, 0.5) is 0 Å². The SMILES string of the molecule is CCCCCC/C=C/C(c1ccccc1)N1CCCC1. The highest BCUT2D eigenvalue weighted by molar-refractivity contribution is 5.23. The number of nitrogens with zero attached hydrogens (tertiary/aromatic N) is 1. The zero-order valence-corrected chi connectivity index (χ0v) is 12.9. The predicted octanol–water partition coefficient (Wildman–Crippen LogP) is 5.35. The van der Waals surface area contributed by atoms with E-state index in [1.807, 2.05) is 0 Å². The van der Waals surface area contributed by atoms with Crippen LogP contribution in [0.3, 0.4) is 0 Å². The van der Waals surface area contributed by atoms with E-state index in [1.54, 1.807) is 0 Å². The zero-order chi connectivity index (χ0) is 14.0. The van der Waals surface area contributed by atoms with Crippen molar-refractivity contribution in [1.82, 2.24) is 4.90 Å². The van der Waals surface area contributed by atoms with Crippen molar-refractivity contribution in [2.75, 3.05) is 13.1 Å². The molecule has 1 aliphatic heterocycles. The highest BCUT2D eigenvalue weighted by Crippen LogP contribution is 2.26. The van der Waals surface area contributed by atoms with Gasteiger partial charge in [0.1, 0.15) is 0 Å². The molecule has 1 heterocycles. The van der Waals surface area contributed by atoms with Gasteiger partial charge >= 0.3 is 0 Å². The van der Waals surface area contributed by atoms with Gasteiger partial charge in [0.2, 0.25) is 0 Å². The third-order valence-electron chi connectivity index (χ3n) is 4.22. The summed E-state index contributed by atoms with van der Waals surface area (Å²) in [5.41, 5.74) is 1.44. The smallest absolute Gasteiger partial charge is 0.0531 e. The van der Waals surface area contributed by atoms with E-state index < -0.39 is 0 Å². The van der Waals surface area contributed by atoms with Crippen molar-refractivity contribution in [3.8, 4) is 0 Å². The molecule has 0 spiro atoms. The largest absolute Gasteiger partial charge is 0.293 e. The summed E-state index contributed by atoms with van der Waals surface area (Å²) in [6.07, 6.45) is 14.2. The van der Waals surface area contributed by atoms with Gasteiger partial charge in [-0.1, -0.05) is 68.7 Å². The summed E-state index contributed by atoms with van der Waals surface area (Å²) in [6, 6.07) is 11.5. The fraction of sp³-hybridized carbons (Fsp3) is 0.579. The quantitative estimate of drug-likeness (QED) is 0.455. The Bertz CT molecular complexity index is 376. The molecule has 0 N–H and O–H groups in total. The highest BCUT2D eigenvalue weighted by atomic mass is 15.2. The molecule has 1 nitrogen and oxygen atoms in total. The summed E-state index contributed by atoms with van der Waals surface area (Å²) >= 11 is 0. The molecule has 1 saturated heterocycles. The van der Waals surface area contributed by atoms with E-state index in [2.05, 4.69) is 54.3 Å². The maximum absolute atomic E-state index is 2.62. The lowest BCUT2D eigenvalue weighted by Gasteiger charge is -2.25. The summed E-state index contributed by atoms with van der Waals surface area (Å²) in [7, 11) is 0. The van der Waals surface area contributed by atoms with Gasteiger partial charge in [0.05, 0.1) is 6.04 Å². The lowest BCUT2D eigenvalue weighted by atomic mass is 10.0. The van der Waals surface area contributed by atoms with Gasteiger partial charge < -0.3 is 0 Å². The third kappa shape index (κ3) is 4.79. The third-order valence-corrected chi connectivity index (χ3v) is 4.22. The molecule has 1 fully saturated rings. The van der Waals surface area contributed by atoms with E-state index >= 15 is 0 Å². The second-order valence-corrected chi connectivity index (χ2v) is 5.88. The normalized spacial score (nSPS) is 17.9. The molecule has 1 aromatic rings. The van der Waals surface area contributed by atoms with Crippen LogP contribution in [0.5, 0.6) is 0 Å². The first kappa shape index (κ1) is 15.3. The number of rotatable bonds is 8. The van der Waals surface area contributed by atoms with Crippen molar-refractivity contribution in [2.24, 2.45) is 0 Å². The molecule has 0 aromatic heterocycles. The number of likely N-dealkylation sites (tertiary alicyclic amines) is 1. The minimum atomic E-state index is 0.491. The van der Waals surface area contributed by atoms with Crippen LogP contribution in [0.2, 0.25) is 0 Å². The van der Waals surface area contributed by atoms with Crippen molar-refractivity contribution in [2.45, 2.75) is 57.9 Å². The summed E-state index contributed by atoms with van der Waals surface area (Å²) in [4.78, 5) is 2.62. The van der Waals surface area contributed by atoms with E-state index in [0.29, 0.717) is 6.04 Å². The Labute approximate surface area is 124 Å². The van der Waals surface area contributed by atoms with Crippen LogP contribution in [0, 0.1) is 0 Å². The van der Waals surface area contributed by atoms with E-state index in [0.717, 1.165) is 0 Å². The zero-order valence-electron chi connectivity index (χ0n) is 12.9. The van der Waals surface area contributed by atoms with Crippen LogP contribution in [-0.2, 0) is 0 Å². The topological polar surface area (TPSA) is 3.24 Å². The summed E-state index contributed by atoms with van der Waals surface area (Å²) in [5.74, 6) is 0. The Morgan fingerprint density at radius 2 is 1.80 bits per heavy atom. The molecule has 0 bridgehead atoms. The fourth-order valence-corrected chi connectivity index (χ4v) is 3.03. The lowest BCUT2D eigenvalue weighted by molar-refractivity contribution is 0.288. The average Bonchev–Trinajstić information content (AvgIpc) is 3.01. The van der Waals surface area contributed by atoms with Gasteiger partial charge in [-0.3, -0.25) is 4.90 Å². The summed E-state index contributed by atoms with van der Waals surface area (Å²) in [6.45, 7) is 4.77. The number of allylic oxidation sites excluding steroid dienone is 1. The van der Waals surface area contributed by atoms with E-state index in [-0.39, 0.29) is 0 Å². The van der Waals surface area contributed by atoms with E-state index in [1.165, 1.54) is 63.6 Å². The Balaban J connectivity index is 1.91. The molecule has 20 heavy (non-hydrogen) atoms. The molecule has 1 aromatic carbocycles. The molecule has 1 unspecified atom stereocenters. The van der Waals surface area contributed by atoms with Gasteiger partial charge in [0.15, 0.2) is 0 Å². The molecule has 0 saturated carbocycles. The first-order valence-electron chi connectivity index (χ1n) is 8.37. The standard InChI is InChI=1S/C19H29N/c1-2-3-4-5-6-10-15-19(20-16-11-12-17-20)18-13-8-7-9-14-18/h7-10,13-15,19H,2-6,11-12,16-17H2,1H3/b15-10+. The van der Waals surface area contributed by atoms with Crippen LogP contribution >= 0.6 is 0 Å². The van der Waals surface area contributed by atoms with Gasteiger partial charge in [-0.15, -0.1) is 0 Å². The van der Waals surface area contributed by atoms with Gasteiger partial charge in [0.25, 0.3) is 0 Å². The molecular weight excluding hydrogens is 242 g/mol. The van der Waals surface area contributed by atoms with Crippen LogP contribution < -0.4 is 0 Å². The van der Waals surface area contributed by atoms with E-state index in [9.17, 15) is 0 Å². The maximum Gasteiger partial charge on any atom is 0.0531 e. The number of hydrogen-bond donors (Lipinski definition) is 0. The molecule has 0 radical (unpaired) electrons. The van der Waals surface area contributed by atoms with Crippen LogP contribution in [0.15, 0.2) is 42.5 Å². The lowest BCUT2D eigenvalue weighted by Crippen LogP contribution is -2.24.